The van der Waals surface area contributed by atoms with Gasteiger partial charge in [0.2, 0.25) is 0 Å². The van der Waals surface area contributed by atoms with Crippen LogP contribution in [0.5, 0.6) is 0 Å². The van der Waals surface area contributed by atoms with E-state index in [1.165, 1.54) is 18.5 Å². The van der Waals surface area contributed by atoms with E-state index in [0.717, 1.165) is 16.9 Å². The minimum atomic E-state index is -0.478. The Morgan fingerprint density at radius 3 is 2.71 bits per heavy atom. The topological polar surface area (TPSA) is 86.7 Å². The number of aromatic nitrogens is 4. The third kappa shape index (κ3) is 3.14. The Hall–Kier alpha value is -2.73. The summed E-state index contributed by atoms with van der Waals surface area (Å²) < 4.78 is 0. The van der Waals surface area contributed by atoms with Crippen LogP contribution in [0.3, 0.4) is 0 Å². The third-order valence-corrected chi connectivity index (χ3v) is 4.18. The van der Waals surface area contributed by atoms with Crippen LogP contribution in [0, 0.1) is 0 Å². The molecular formula is C18H25N5O. The van der Waals surface area contributed by atoms with Gasteiger partial charge in [0, 0.05) is 33.7 Å². The van der Waals surface area contributed by atoms with Gasteiger partial charge in [-0.25, -0.2) is 9.97 Å². The number of benzene rings is 1. The van der Waals surface area contributed by atoms with Crippen molar-refractivity contribution in [1.29, 1.82) is 0 Å². The minimum Gasteiger partial charge on any atom is -0.389 e. The smallest absolute Gasteiger partial charge is 0.161 e. The highest BCUT2D eigenvalue weighted by atomic mass is 16.3. The van der Waals surface area contributed by atoms with Crippen LogP contribution in [0.4, 0.5) is 11.6 Å². The zero-order valence-electron chi connectivity index (χ0n) is 13.4. The van der Waals surface area contributed by atoms with E-state index in [9.17, 15) is 5.11 Å². The molecule has 0 bridgehead atoms. The van der Waals surface area contributed by atoms with E-state index in [1.54, 1.807) is 13.1 Å². The van der Waals surface area contributed by atoms with Crippen molar-refractivity contribution in [3.8, 4) is 11.4 Å². The normalized spacial score (nSPS) is 15.2. The Labute approximate surface area is 144 Å². The highest BCUT2D eigenvalue weighted by Crippen LogP contribution is 2.39. The van der Waals surface area contributed by atoms with Gasteiger partial charge in [-0.1, -0.05) is 24.3 Å². The van der Waals surface area contributed by atoms with Crippen LogP contribution in [0.15, 0.2) is 42.6 Å². The second-order valence-electron chi connectivity index (χ2n) is 6.17. The number of H-pyrrole nitrogens is 1. The summed E-state index contributed by atoms with van der Waals surface area (Å²) in [7, 11) is 0. The SMILES string of the molecule is CC(O)c1ccc(-c2nccc(Nc3cc(C4CC4)[nH]n3)n2)cc1.[HH].[HH].[HH]. The van der Waals surface area contributed by atoms with E-state index < -0.39 is 6.10 Å². The van der Waals surface area contributed by atoms with Crippen LogP contribution in [0.2, 0.25) is 0 Å². The van der Waals surface area contributed by atoms with Crippen molar-refractivity contribution in [3.63, 3.8) is 0 Å². The number of anilines is 2. The molecule has 6 heteroatoms. The molecule has 1 fully saturated rings. The molecule has 1 aromatic carbocycles. The summed E-state index contributed by atoms with van der Waals surface area (Å²) in [6.07, 6.45) is 3.72. The van der Waals surface area contributed by atoms with Gasteiger partial charge in [-0.05, 0) is 31.4 Å². The number of rotatable bonds is 5. The summed E-state index contributed by atoms with van der Waals surface area (Å²) in [6.45, 7) is 1.75. The van der Waals surface area contributed by atoms with Crippen LogP contribution in [0.25, 0.3) is 11.4 Å². The molecule has 1 unspecified atom stereocenters. The Bertz CT molecular complexity index is 850. The summed E-state index contributed by atoms with van der Waals surface area (Å²) in [6, 6.07) is 11.5. The quantitative estimate of drug-likeness (QED) is 0.651. The summed E-state index contributed by atoms with van der Waals surface area (Å²) >= 11 is 0. The van der Waals surface area contributed by atoms with E-state index in [1.807, 2.05) is 36.4 Å². The average Bonchev–Trinajstić information content (AvgIpc) is 3.35. The number of hydrogen-bond donors (Lipinski definition) is 3. The Kier molecular flexibility index (Phi) is 3.74. The average molecular weight is 327 g/mol. The fourth-order valence-electron chi connectivity index (χ4n) is 2.61. The van der Waals surface area contributed by atoms with Gasteiger partial charge < -0.3 is 10.4 Å². The largest absolute Gasteiger partial charge is 0.389 e. The van der Waals surface area contributed by atoms with Gasteiger partial charge in [-0.2, -0.15) is 5.10 Å². The molecule has 0 spiro atoms. The molecular weight excluding hydrogens is 302 g/mol. The van der Waals surface area contributed by atoms with Crippen molar-refractivity contribution in [1.82, 2.24) is 20.2 Å². The summed E-state index contributed by atoms with van der Waals surface area (Å²) in [4.78, 5) is 8.87. The molecule has 0 saturated heterocycles. The predicted octanol–water partition coefficient (Wildman–Crippen LogP) is 4.28. The van der Waals surface area contributed by atoms with E-state index in [4.69, 9.17) is 0 Å². The molecule has 3 N–H and O–H groups in total. The van der Waals surface area contributed by atoms with Crippen molar-refractivity contribution in [2.24, 2.45) is 0 Å². The first kappa shape index (κ1) is 14.8. The van der Waals surface area contributed by atoms with E-state index >= 15 is 0 Å². The molecule has 2 heterocycles. The van der Waals surface area contributed by atoms with Crippen molar-refractivity contribution in [2.45, 2.75) is 31.8 Å². The fraction of sp³-hybridized carbons (Fsp3) is 0.278. The first-order chi connectivity index (χ1) is 11.7. The number of aliphatic hydroxyl groups excluding tert-OH is 1. The lowest BCUT2D eigenvalue weighted by Crippen LogP contribution is -1.97. The molecule has 1 aliphatic rings. The van der Waals surface area contributed by atoms with Gasteiger partial charge >= 0.3 is 0 Å². The molecule has 1 aliphatic carbocycles. The summed E-state index contributed by atoms with van der Waals surface area (Å²) in [5.74, 6) is 2.75. The number of nitrogens with one attached hydrogen (secondary N) is 2. The lowest BCUT2D eigenvalue weighted by atomic mass is 10.1. The van der Waals surface area contributed by atoms with Gasteiger partial charge in [-0.3, -0.25) is 5.10 Å². The number of aliphatic hydroxyl groups is 1. The molecule has 0 amide bonds. The maximum absolute atomic E-state index is 9.59. The van der Waals surface area contributed by atoms with Crippen LogP contribution >= 0.6 is 0 Å². The second kappa shape index (κ2) is 6.05. The standard InChI is InChI=1S/C18H19N5O.3H2/c1-11(24)12-2-6-14(7-3-12)18-19-9-8-16(21-18)20-17-10-15(22-23-17)13-4-5-13;;;/h2-3,6-11,13,24H,4-5H2,1H3,(H2,19,20,21,22,23);3*1H. The molecule has 2 aromatic heterocycles. The van der Waals surface area contributed by atoms with Crippen molar-refractivity contribution < 1.29 is 9.39 Å². The molecule has 3 aromatic rings. The van der Waals surface area contributed by atoms with Crippen LogP contribution in [-0.4, -0.2) is 25.3 Å². The number of nitrogens with zero attached hydrogens (tertiary/aromatic N) is 3. The summed E-state index contributed by atoms with van der Waals surface area (Å²) in [5.41, 5.74) is 2.96. The Morgan fingerprint density at radius 2 is 2.00 bits per heavy atom. The molecule has 24 heavy (non-hydrogen) atoms. The molecule has 4 rings (SSSR count). The predicted molar refractivity (Wildman–Crippen MR) is 98.3 cm³/mol. The van der Waals surface area contributed by atoms with Gasteiger partial charge in [0.05, 0.1) is 6.10 Å². The molecule has 1 atom stereocenters. The van der Waals surface area contributed by atoms with Gasteiger partial charge in [-0.15, -0.1) is 0 Å². The first-order valence-electron chi connectivity index (χ1n) is 8.13. The van der Waals surface area contributed by atoms with Crippen molar-refractivity contribution >= 4 is 11.6 Å². The van der Waals surface area contributed by atoms with Crippen molar-refractivity contribution in [2.75, 3.05) is 5.32 Å². The van der Waals surface area contributed by atoms with Crippen LogP contribution in [-0.2, 0) is 0 Å². The maximum Gasteiger partial charge on any atom is 0.161 e. The van der Waals surface area contributed by atoms with E-state index in [-0.39, 0.29) is 4.28 Å². The molecule has 1 saturated carbocycles. The lowest BCUT2D eigenvalue weighted by molar-refractivity contribution is 0.199. The second-order valence-corrected chi connectivity index (χ2v) is 6.17. The van der Waals surface area contributed by atoms with Gasteiger partial charge in [0.1, 0.15) is 5.82 Å². The Balaban J connectivity index is 0.00000121. The number of aromatic amines is 1. The van der Waals surface area contributed by atoms with Crippen molar-refractivity contribution in [3.05, 3.63) is 53.9 Å². The third-order valence-electron chi connectivity index (χ3n) is 4.18. The van der Waals surface area contributed by atoms with Crippen LogP contribution < -0.4 is 5.32 Å². The minimum absolute atomic E-state index is 0. The highest BCUT2D eigenvalue weighted by molar-refractivity contribution is 5.60. The van der Waals surface area contributed by atoms with Crippen LogP contribution in [0.1, 0.15) is 47.3 Å². The zero-order valence-corrected chi connectivity index (χ0v) is 13.4. The first-order valence-corrected chi connectivity index (χ1v) is 8.13. The fourth-order valence-corrected chi connectivity index (χ4v) is 2.61. The lowest BCUT2D eigenvalue weighted by Gasteiger charge is -2.07. The van der Waals surface area contributed by atoms with E-state index in [0.29, 0.717) is 17.6 Å². The monoisotopic (exact) mass is 327 g/mol. The van der Waals surface area contributed by atoms with Gasteiger partial charge in [0.15, 0.2) is 11.6 Å². The Morgan fingerprint density at radius 1 is 1.21 bits per heavy atom. The van der Waals surface area contributed by atoms with Gasteiger partial charge in [0.25, 0.3) is 0 Å². The molecule has 6 nitrogen and oxygen atoms in total. The highest BCUT2D eigenvalue weighted by Gasteiger charge is 2.25. The molecule has 0 radical (unpaired) electrons. The van der Waals surface area contributed by atoms with E-state index in [2.05, 4.69) is 25.5 Å². The summed E-state index contributed by atoms with van der Waals surface area (Å²) in [5, 5.41) is 20.2. The molecule has 128 valence electrons. The molecule has 0 aliphatic heterocycles. The zero-order chi connectivity index (χ0) is 16.5. The number of hydrogen-bond acceptors (Lipinski definition) is 5. The maximum atomic E-state index is 9.59.